The van der Waals surface area contributed by atoms with Crippen LogP contribution in [0.15, 0.2) is 65.7 Å². The molecule has 1 saturated carbocycles. The number of aliphatic imine (C=N–C) groups is 1. The van der Waals surface area contributed by atoms with E-state index < -0.39 is 0 Å². The Morgan fingerprint density at radius 3 is 2.30 bits per heavy atom. The third-order valence-corrected chi connectivity index (χ3v) is 5.05. The fraction of sp³-hybridized carbons (Fsp3) is 0.286. The Labute approximate surface area is 158 Å². The van der Waals surface area contributed by atoms with Crippen LogP contribution in [0, 0.1) is 0 Å². The third-order valence-electron chi connectivity index (χ3n) is 5.05. The van der Waals surface area contributed by atoms with Crippen molar-refractivity contribution in [2.24, 2.45) is 4.99 Å². The van der Waals surface area contributed by atoms with Gasteiger partial charge in [-0.2, -0.15) is 0 Å². The van der Waals surface area contributed by atoms with Crippen LogP contribution in [0.25, 0.3) is 0 Å². The molecule has 138 valence electrons. The van der Waals surface area contributed by atoms with Gasteiger partial charge in [-0.3, -0.25) is 15.0 Å². The van der Waals surface area contributed by atoms with Crippen molar-refractivity contribution in [3.63, 3.8) is 0 Å². The van der Waals surface area contributed by atoms with Crippen molar-refractivity contribution in [1.82, 2.24) is 10.2 Å². The van der Waals surface area contributed by atoms with Gasteiger partial charge < -0.3 is 5.32 Å². The molecule has 1 fully saturated rings. The van der Waals surface area contributed by atoms with E-state index in [-0.39, 0.29) is 24.0 Å². The molecule has 2 atom stereocenters. The number of urea groups is 1. The standard InChI is InChI=1S/C21H22N4O2/c26-19(15-9-3-1-4-10-15)24-20-23-17-13-7-8-14-18(17)25(20)21(27)22-16-11-5-2-6-12-16/h1-6,9-12,17-18H,7-8,13-14H2,(H,22,27)(H,23,24,26). The highest BCUT2D eigenvalue weighted by atomic mass is 16.2. The summed E-state index contributed by atoms with van der Waals surface area (Å²) in [7, 11) is 0. The summed E-state index contributed by atoms with van der Waals surface area (Å²) in [5, 5.41) is 5.76. The van der Waals surface area contributed by atoms with Crippen LogP contribution in [0.1, 0.15) is 36.0 Å². The lowest BCUT2D eigenvalue weighted by molar-refractivity contribution is 0.0973. The fourth-order valence-corrected chi connectivity index (χ4v) is 3.73. The molecule has 0 radical (unpaired) electrons. The van der Waals surface area contributed by atoms with Gasteiger partial charge in [0.05, 0.1) is 12.1 Å². The van der Waals surface area contributed by atoms with Gasteiger partial charge in [0.25, 0.3) is 5.91 Å². The van der Waals surface area contributed by atoms with Gasteiger partial charge in [0.1, 0.15) is 0 Å². The van der Waals surface area contributed by atoms with Crippen molar-refractivity contribution in [3.8, 4) is 0 Å². The molecular formula is C21H22N4O2. The number of para-hydroxylation sites is 1. The predicted octanol–water partition coefficient (Wildman–Crippen LogP) is 3.63. The van der Waals surface area contributed by atoms with Crippen molar-refractivity contribution in [1.29, 1.82) is 0 Å². The number of anilines is 1. The minimum absolute atomic E-state index is 0.00599. The second kappa shape index (κ2) is 7.61. The van der Waals surface area contributed by atoms with Crippen LogP contribution in [-0.2, 0) is 0 Å². The maximum absolute atomic E-state index is 13.0. The number of carbonyl (C=O) groups is 2. The molecule has 0 bridgehead atoms. The van der Waals surface area contributed by atoms with Crippen molar-refractivity contribution < 1.29 is 9.59 Å². The zero-order valence-electron chi connectivity index (χ0n) is 15.0. The average Bonchev–Trinajstić information content (AvgIpc) is 3.07. The SMILES string of the molecule is O=C(NC1=NC2CCCCC2N1C(=O)Nc1ccccc1)c1ccccc1. The Balaban J connectivity index is 1.55. The van der Waals surface area contributed by atoms with Gasteiger partial charge in [0.15, 0.2) is 0 Å². The Morgan fingerprint density at radius 2 is 1.56 bits per heavy atom. The van der Waals surface area contributed by atoms with Crippen LogP contribution in [-0.4, -0.2) is 34.9 Å². The lowest BCUT2D eigenvalue weighted by Gasteiger charge is -2.31. The lowest BCUT2D eigenvalue weighted by Crippen LogP contribution is -2.52. The smallest absolute Gasteiger partial charge is 0.307 e. The van der Waals surface area contributed by atoms with Crippen molar-refractivity contribution in [3.05, 3.63) is 66.2 Å². The first-order valence-electron chi connectivity index (χ1n) is 9.32. The molecule has 2 aliphatic rings. The van der Waals surface area contributed by atoms with E-state index in [1.54, 1.807) is 17.0 Å². The fourth-order valence-electron chi connectivity index (χ4n) is 3.73. The summed E-state index contributed by atoms with van der Waals surface area (Å²) in [6.45, 7) is 0. The molecule has 6 nitrogen and oxygen atoms in total. The molecule has 1 aliphatic heterocycles. The highest BCUT2D eigenvalue weighted by molar-refractivity contribution is 6.12. The molecule has 1 aliphatic carbocycles. The highest BCUT2D eigenvalue weighted by Gasteiger charge is 2.41. The van der Waals surface area contributed by atoms with Gasteiger partial charge in [0, 0.05) is 11.3 Å². The first-order valence-corrected chi connectivity index (χ1v) is 9.32. The number of fused-ring (bicyclic) bond motifs is 1. The summed E-state index contributed by atoms with van der Waals surface area (Å²) in [4.78, 5) is 31.9. The summed E-state index contributed by atoms with van der Waals surface area (Å²) < 4.78 is 0. The van der Waals surface area contributed by atoms with Crippen LogP contribution in [0.5, 0.6) is 0 Å². The second-order valence-electron chi connectivity index (χ2n) is 6.86. The van der Waals surface area contributed by atoms with E-state index in [0.29, 0.717) is 11.5 Å². The number of hydrogen-bond donors (Lipinski definition) is 2. The molecule has 2 N–H and O–H groups in total. The maximum Gasteiger partial charge on any atom is 0.328 e. The lowest BCUT2D eigenvalue weighted by atomic mass is 9.91. The van der Waals surface area contributed by atoms with E-state index in [1.165, 1.54) is 0 Å². The molecule has 2 unspecified atom stereocenters. The molecule has 0 spiro atoms. The molecule has 3 amide bonds. The number of rotatable bonds is 2. The zero-order chi connectivity index (χ0) is 18.6. The topological polar surface area (TPSA) is 73.8 Å². The van der Waals surface area contributed by atoms with Crippen LogP contribution < -0.4 is 10.6 Å². The third kappa shape index (κ3) is 3.69. The minimum atomic E-state index is -0.261. The van der Waals surface area contributed by atoms with Gasteiger partial charge in [-0.1, -0.05) is 49.2 Å². The highest BCUT2D eigenvalue weighted by Crippen LogP contribution is 2.31. The minimum Gasteiger partial charge on any atom is -0.307 e. The summed E-state index contributed by atoms with van der Waals surface area (Å²) in [6, 6.07) is 18.1. The quantitative estimate of drug-likeness (QED) is 0.856. The van der Waals surface area contributed by atoms with Crippen LogP contribution in [0.3, 0.4) is 0 Å². The number of hydrogen-bond acceptors (Lipinski definition) is 3. The Kier molecular flexibility index (Phi) is 4.87. The van der Waals surface area contributed by atoms with Crippen molar-refractivity contribution in [2.75, 3.05) is 5.32 Å². The number of amides is 3. The van der Waals surface area contributed by atoms with Crippen LogP contribution in [0.2, 0.25) is 0 Å². The number of nitrogens with zero attached hydrogens (tertiary/aromatic N) is 2. The molecule has 2 aromatic rings. The van der Waals surface area contributed by atoms with Crippen LogP contribution >= 0.6 is 0 Å². The largest absolute Gasteiger partial charge is 0.328 e. The zero-order valence-corrected chi connectivity index (χ0v) is 15.0. The molecule has 0 aromatic heterocycles. The molecule has 6 heteroatoms. The number of nitrogens with one attached hydrogen (secondary N) is 2. The Bertz CT molecular complexity index is 851. The average molecular weight is 362 g/mol. The Morgan fingerprint density at radius 1 is 0.889 bits per heavy atom. The van der Waals surface area contributed by atoms with Gasteiger partial charge >= 0.3 is 6.03 Å². The van der Waals surface area contributed by atoms with E-state index >= 15 is 0 Å². The van der Waals surface area contributed by atoms with Gasteiger partial charge in [-0.25, -0.2) is 9.79 Å². The molecular weight excluding hydrogens is 340 g/mol. The molecule has 0 saturated heterocycles. The first kappa shape index (κ1) is 17.3. The van der Waals surface area contributed by atoms with E-state index in [4.69, 9.17) is 0 Å². The van der Waals surface area contributed by atoms with Gasteiger partial charge in [-0.05, 0) is 37.1 Å². The molecule has 1 heterocycles. The van der Waals surface area contributed by atoms with Gasteiger partial charge in [0.2, 0.25) is 5.96 Å². The monoisotopic (exact) mass is 362 g/mol. The number of benzene rings is 2. The van der Waals surface area contributed by atoms with E-state index in [9.17, 15) is 9.59 Å². The summed E-state index contributed by atoms with van der Waals surface area (Å²) in [5.74, 6) is 0.0830. The van der Waals surface area contributed by atoms with Crippen LogP contribution in [0.4, 0.5) is 10.5 Å². The predicted molar refractivity (Wildman–Crippen MR) is 105 cm³/mol. The Hall–Kier alpha value is -3.15. The number of carbonyl (C=O) groups excluding carboxylic acids is 2. The normalized spacial score (nSPS) is 21.2. The van der Waals surface area contributed by atoms with E-state index in [1.807, 2.05) is 48.5 Å². The first-order chi connectivity index (χ1) is 13.2. The van der Waals surface area contributed by atoms with E-state index in [2.05, 4.69) is 15.6 Å². The molecule has 2 aromatic carbocycles. The second-order valence-corrected chi connectivity index (χ2v) is 6.86. The van der Waals surface area contributed by atoms with Crippen molar-refractivity contribution >= 4 is 23.6 Å². The summed E-state index contributed by atoms with van der Waals surface area (Å²) >= 11 is 0. The van der Waals surface area contributed by atoms with Gasteiger partial charge in [-0.15, -0.1) is 0 Å². The molecule has 4 rings (SSSR count). The maximum atomic E-state index is 13.0. The summed E-state index contributed by atoms with van der Waals surface area (Å²) in [5.41, 5.74) is 1.26. The number of guanidine groups is 1. The summed E-state index contributed by atoms with van der Waals surface area (Å²) in [6.07, 6.45) is 3.98. The van der Waals surface area contributed by atoms with Crippen molar-refractivity contribution in [2.45, 2.75) is 37.8 Å². The molecule has 27 heavy (non-hydrogen) atoms. The van der Waals surface area contributed by atoms with E-state index in [0.717, 1.165) is 31.4 Å².